The van der Waals surface area contributed by atoms with Gasteiger partial charge in [-0.3, -0.25) is 4.79 Å². The van der Waals surface area contributed by atoms with Crippen LogP contribution in [0.25, 0.3) is 0 Å². The van der Waals surface area contributed by atoms with Gasteiger partial charge in [0.2, 0.25) is 5.13 Å². The Morgan fingerprint density at radius 2 is 2.20 bits per heavy atom. The molecule has 2 rings (SSSR count). The lowest BCUT2D eigenvalue weighted by molar-refractivity contribution is -0.133. The van der Waals surface area contributed by atoms with Crippen molar-refractivity contribution < 1.29 is 9.90 Å². The predicted octanol–water partition coefficient (Wildman–Crippen LogP) is 2.00. The minimum absolute atomic E-state index is 0.0258. The van der Waals surface area contributed by atoms with Crippen LogP contribution in [0, 0.1) is 0 Å². The van der Waals surface area contributed by atoms with Crippen molar-refractivity contribution in [2.45, 2.75) is 36.6 Å². The topological polar surface area (TPSA) is 78.3 Å². The van der Waals surface area contributed by atoms with Gasteiger partial charge >= 0.3 is 5.97 Å². The van der Waals surface area contributed by atoms with Crippen molar-refractivity contribution in [1.29, 1.82) is 0 Å². The molecule has 1 aromatic heterocycles. The first-order valence-corrected chi connectivity index (χ1v) is 8.60. The maximum atomic E-state index is 10.5. The number of nitrogens with one attached hydrogen (secondary N) is 1. The lowest BCUT2D eigenvalue weighted by Crippen LogP contribution is -2.38. The third-order valence-corrected chi connectivity index (χ3v) is 5.05. The number of carboxylic acid groups (broad SMARTS) is 1. The second-order valence-corrected chi connectivity index (χ2v) is 7.16. The van der Waals surface area contributed by atoms with Gasteiger partial charge in [0.25, 0.3) is 0 Å². The van der Waals surface area contributed by atoms with Gasteiger partial charge in [0.15, 0.2) is 4.34 Å². The second kappa shape index (κ2) is 7.80. The van der Waals surface area contributed by atoms with Crippen molar-refractivity contribution in [2.75, 3.05) is 30.7 Å². The zero-order chi connectivity index (χ0) is 14.4. The Hall–Kier alpha value is -0.860. The Bertz CT molecular complexity index is 435. The first-order chi connectivity index (χ1) is 9.63. The number of carbonyl (C=O) groups is 1. The number of carboxylic acids is 1. The fourth-order valence-corrected chi connectivity index (χ4v) is 3.82. The average molecular weight is 316 g/mol. The van der Waals surface area contributed by atoms with E-state index in [1.54, 1.807) is 0 Å². The Morgan fingerprint density at radius 3 is 2.90 bits per heavy atom. The van der Waals surface area contributed by atoms with E-state index < -0.39 is 5.97 Å². The number of likely N-dealkylation sites (tertiary alicyclic amines) is 1. The van der Waals surface area contributed by atoms with Gasteiger partial charge in [-0.15, -0.1) is 10.2 Å². The molecule has 2 N–H and O–H groups in total. The van der Waals surface area contributed by atoms with Crippen LogP contribution in [0.1, 0.15) is 26.2 Å². The van der Waals surface area contributed by atoms with E-state index in [0.29, 0.717) is 10.4 Å². The minimum atomic E-state index is -0.835. The van der Waals surface area contributed by atoms with E-state index in [4.69, 9.17) is 5.11 Å². The van der Waals surface area contributed by atoms with E-state index in [1.165, 1.54) is 55.5 Å². The molecule has 8 heteroatoms. The standard InChI is InChI=1S/C12H20N4O2S2/c1-9(7-16-5-3-2-4-6-16)13-11-14-15-12(20-11)19-8-10(17)18/h9H,2-8H2,1H3,(H,13,14)(H,17,18). The summed E-state index contributed by atoms with van der Waals surface area (Å²) in [5, 5.41) is 20.8. The maximum absolute atomic E-state index is 10.5. The van der Waals surface area contributed by atoms with E-state index in [0.717, 1.165) is 11.7 Å². The van der Waals surface area contributed by atoms with Crippen molar-refractivity contribution in [3.8, 4) is 0 Å². The van der Waals surface area contributed by atoms with Crippen LogP contribution >= 0.6 is 23.1 Å². The number of thioether (sulfide) groups is 1. The third-order valence-electron chi connectivity index (χ3n) is 3.08. The fourth-order valence-electron chi connectivity index (χ4n) is 2.24. The van der Waals surface area contributed by atoms with Gasteiger partial charge in [-0.1, -0.05) is 29.5 Å². The number of piperidine rings is 1. The van der Waals surface area contributed by atoms with Crippen LogP contribution in [0.15, 0.2) is 4.34 Å². The summed E-state index contributed by atoms with van der Waals surface area (Å²) in [5.74, 6) is -0.809. The minimum Gasteiger partial charge on any atom is -0.481 e. The van der Waals surface area contributed by atoms with Crippen molar-refractivity contribution in [2.24, 2.45) is 0 Å². The van der Waals surface area contributed by atoms with Gasteiger partial charge in [0.1, 0.15) is 0 Å². The quantitative estimate of drug-likeness (QED) is 0.745. The highest BCUT2D eigenvalue weighted by molar-refractivity contribution is 8.01. The fraction of sp³-hybridized carbons (Fsp3) is 0.750. The Morgan fingerprint density at radius 1 is 1.45 bits per heavy atom. The van der Waals surface area contributed by atoms with Crippen LogP contribution in [0.3, 0.4) is 0 Å². The number of hydrogen-bond acceptors (Lipinski definition) is 7. The van der Waals surface area contributed by atoms with Gasteiger partial charge in [-0.2, -0.15) is 0 Å². The molecule has 1 aromatic rings. The Labute approximate surface area is 127 Å². The van der Waals surface area contributed by atoms with E-state index in [1.807, 2.05) is 0 Å². The first kappa shape index (κ1) is 15.5. The van der Waals surface area contributed by atoms with Crippen molar-refractivity contribution >= 4 is 34.2 Å². The summed E-state index contributed by atoms with van der Waals surface area (Å²) in [6.45, 7) is 5.51. The molecule has 1 fully saturated rings. The van der Waals surface area contributed by atoms with Gasteiger partial charge < -0.3 is 15.3 Å². The molecule has 0 spiro atoms. The summed E-state index contributed by atoms with van der Waals surface area (Å²) in [4.78, 5) is 13.0. The number of nitrogens with zero attached hydrogens (tertiary/aromatic N) is 3. The van der Waals surface area contributed by atoms with E-state index >= 15 is 0 Å². The molecule has 0 aliphatic carbocycles. The van der Waals surface area contributed by atoms with E-state index in [9.17, 15) is 4.79 Å². The number of rotatable bonds is 7. The summed E-state index contributed by atoms with van der Waals surface area (Å²) >= 11 is 2.62. The van der Waals surface area contributed by atoms with Crippen LogP contribution < -0.4 is 5.32 Å². The lowest BCUT2D eigenvalue weighted by Gasteiger charge is -2.29. The zero-order valence-electron chi connectivity index (χ0n) is 11.5. The molecular weight excluding hydrogens is 296 g/mol. The second-order valence-electron chi connectivity index (χ2n) is 4.96. The van der Waals surface area contributed by atoms with Crippen LogP contribution in [0.2, 0.25) is 0 Å². The van der Waals surface area contributed by atoms with Crippen molar-refractivity contribution in [3.05, 3.63) is 0 Å². The highest BCUT2D eigenvalue weighted by Gasteiger charge is 2.15. The number of aromatic nitrogens is 2. The summed E-state index contributed by atoms with van der Waals surface area (Å²) in [6.07, 6.45) is 3.93. The highest BCUT2D eigenvalue weighted by atomic mass is 32.2. The maximum Gasteiger partial charge on any atom is 0.313 e. The van der Waals surface area contributed by atoms with E-state index in [-0.39, 0.29) is 5.75 Å². The summed E-state index contributed by atoms with van der Waals surface area (Å²) < 4.78 is 0.695. The molecule has 6 nitrogen and oxygen atoms in total. The van der Waals surface area contributed by atoms with Crippen LogP contribution in [-0.4, -0.2) is 57.6 Å². The Kier molecular flexibility index (Phi) is 6.06. The predicted molar refractivity (Wildman–Crippen MR) is 81.6 cm³/mol. The van der Waals surface area contributed by atoms with Gasteiger partial charge in [-0.05, 0) is 32.9 Å². The molecule has 1 unspecified atom stereocenters. The number of anilines is 1. The number of aliphatic carboxylic acids is 1. The SMILES string of the molecule is CC(CN1CCCCC1)Nc1nnc(SCC(=O)O)s1. The Balaban J connectivity index is 1.75. The van der Waals surface area contributed by atoms with Crippen LogP contribution in [-0.2, 0) is 4.79 Å². The van der Waals surface area contributed by atoms with Crippen molar-refractivity contribution in [1.82, 2.24) is 15.1 Å². The third kappa shape index (κ3) is 5.26. The molecule has 1 aliphatic rings. The molecule has 0 aromatic carbocycles. The smallest absolute Gasteiger partial charge is 0.313 e. The van der Waals surface area contributed by atoms with Gasteiger partial charge in [0, 0.05) is 12.6 Å². The van der Waals surface area contributed by atoms with Gasteiger partial charge in [0.05, 0.1) is 5.75 Å². The van der Waals surface area contributed by atoms with Gasteiger partial charge in [-0.25, -0.2) is 0 Å². The molecule has 2 heterocycles. The number of hydrogen-bond donors (Lipinski definition) is 2. The molecule has 0 bridgehead atoms. The summed E-state index contributed by atoms with van der Waals surface area (Å²) in [6, 6.07) is 0.318. The average Bonchev–Trinajstić information content (AvgIpc) is 2.85. The molecule has 0 radical (unpaired) electrons. The van der Waals surface area contributed by atoms with Crippen LogP contribution in [0.5, 0.6) is 0 Å². The molecule has 112 valence electrons. The molecule has 1 atom stereocenters. The zero-order valence-corrected chi connectivity index (χ0v) is 13.2. The molecule has 20 heavy (non-hydrogen) atoms. The first-order valence-electron chi connectivity index (χ1n) is 6.80. The molecular formula is C12H20N4O2S2. The highest BCUT2D eigenvalue weighted by Crippen LogP contribution is 2.25. The normalized spacial score (nSPS) is 17.9. The molecule has 1 aliphatic heterocycles. The molecule has 0 saturated carbocycles. The summed E-state index contributed by atoms with van der Waals surface area (Å²) in [5.41, 5.74) is 0. The van der Waals surface area contributed by atoms with Crippen molar-refractivity contribution in [3.63, 3.8) is 0 Å². The molecule has 1 saturated heterocycles. The lowest BCUT2D eigenvalue weighted by atomic mass is 10.1. The monoisotopic (exact) mass is 316 g/mol. The largest absolute Gasteiger partial charge is 0.481 e. The summed E-state index contributed by atoms with van der Waals surface area (Å²) in [7, 11) is 0. The molecule has 0 amide bonds. The van der Waals surface area contributed by atoms with E-state index in [2.05, 4.69) is 27.3 Å². The van der Waals surface area contributed by atoms with Crippen LogP contribution in [0.4, 0.5) is 5.13 Å².